The third-order valence-electron chi connectivity index (χ3n) is 10.9. The highest BCUT2D eigenvalue weighted by Gasteiger charge is 2.19. The topological polar surface area (TPSA) is 78.9 Å². The number of rotatable bonds is 47. The van der Waals surface area contributed by atoms with E-state index in [1.807, 2.05) is 0 Å². The maximum absolute atomic E-state index is 12.8. The lowest BCUT2D eigenvalue weighted by molar-refractivity contribution is -0.167. The van der Waals surface area contributed by atoms with Gasteiger partial charge < -0.3 is 14.2 Å². The molecule has 0 heterocycles. The molecule has 0 aliphatic heterocycles. The Kier molecular flexibility index (Phi) is 51.5. The molecule has 6 heteroatoms. The maximum Gasteiger partial charge on any atom is 0.306 e. The number of hydrogen-bond acceptors (Lipinski definition) is 6. The van der Waals surface area contributed by atoms with Crippen LogP contribution in [0.5, 0.6) is 0 Å². The summed E-state index contributed by atoms with van der Waals surface area (Å²) < 4.78 is 16.7. The number of carbonyl (C=O) groups is 3. The molecule has 0 aromatic carbocycles. The third-order valence-corrected chi connectivity index (χ3v) is 10.9. The predicted molar refractivity (Wildman–Crippen MR) is 292 cm³/mol. The van der Waals surface area contributed by atoms with E-state index in [9.17, 15) is 14.4 Å². The van der Waals surface area contributed by atoms with Crippen LogP contribution >= 0.6 is 0 Å². The molecule has 0 saturated heterocycles. The number of esters is 3. The SMILES string of the molecule is CC/C=C\C/C=C\C/C=C\C/C=C\C/C=C\C/C=C\C/C=C\CCCC(=O)OCC(COC(=O)CCCCCCC/C=C\CCC)OC(=O)CCCCCCCCC/C=C\C/C=C\C/C=C\CC. The molecule has 382 valence electrons. The van der Waals surface area contributed by atoms with Crippen molar-refractivity contribution >= 4 is 17.9 Å². The van der Waals surface area contributed by atoms with Gasteiger partial charge in [0.05, 0.1) is 0 Å². The van der Waals surface area contributed by atoms with Crippen molar-refractivity contribution in [3.05, 3.63) is 134 Å². The summed E-state index contributed by atoms with van der Waals surface area (Å²) in [5.41, 5.74) is 0. The Morgan fingerprint density at radius 1 is 0.309 bits per heavy atom. The van der Waals surface area contributed by atoms with Gasteiger partial charge in [0.1, 0.15) is 13.2 Å². The average Bonchev–Trinajstić information content (AvgIpc) is 3.34. The standard InChI is InChI=1S/C62H98O6/c1-4-7-10-13-16-19-22-24-26-28-29-30-31-32-33-35-36-38-40-43-46-49-52-55-61(64)67-58-59(57-66-60(63)54-51-48-45-42-21-18-15-12-9-6-3)68-62(65)56-53-50-47-44-41-39-37-34-27-25-23-20-17-14-11-8-5-2/h7-8,10-12,15-17,19-20,24-27,29-30,32-33,36,38,43,46,59H,4-6,9,13-14,18,21-23,28,31,34-35,37,39-42,44-45,47-58H2,1-3H3/b10-7-,11-8-,15-12-,19-16-,20-17-,26-24-,27-25-,30-29-,33-32-,38-36-,46-43-. The molecule has 0 radical (unpaired) electrons. The van der Waals surface area contributed by atoms with Crippen molar-refractivity contribution in [3.8, 4) is 0 Å². The smallest absolute Gasteiger partial charge is 0.306 e. The normalized spacial score (nSPS) is 13.2. The van der Waals surface area contributed by atoms with Crippen LogP contribution in [0.2, 0.25) is 0 Å². The Morgan fingerprint density at radius 3 is 0.971 bits per heavy atom. The fourth-order valence-corrected chi connectivity index (χ4v) is 6.86. The maximum atomic E-state index is 12.8. The second kappa shape index (κ2) is 55.1. The van der Waals surface area contributed by atoms with Crippen LogP contribution in [0.15, 0.2) is 134 Å². The van der Waals surface area contributed by atoms with E-state index in [4.69, 9.17) is 14.2 Å². The molecule has 0 bridgehead atoms. The molecule has 1 unspecified atom stereocenters. The van der Waals surface area contributed by atoms with Crippen molar-refractivity contribution in [1.82, 2.24) is 0 Å². The van der Waals surface area contributed by atoms with Gasteiger partial charge in [0.15, 0.2) is 6.10 Å². The van der Waals surface area contributed by atoms with Crippen LogP contribution in [0, 0.1) is 0 Å². The van der Waals surface area contributed by atoms with Gasteiger partial charge in [0.25, 0.3) is 0 Å². The van der Waals surface area contributed by atoms with Gasteiger partial charge in [-0.1, -0.05) is 212 Å². The average molecular weight is 939 g/mol. The fraction of sp³-hybridized carbons (Fsp3) is 0.597. The van der Waals surface area contributed by atoms with Crippen molar-refractivity contribution in [3.63, 3.8) is 0 Å². The largest absolute Gasteiger partial charge is 0.462 e. The lowest BCUT2D eigenvalue weighted by Crippen LogP contribution is -2.30. The molecule has 6 nitrogen and oxygen atoms in total. The zero-order chi connectivity index (χ0) is 49.3. The summed E-state index contributed by atoms with van der Waals surface area (Å²) in [5, 5.41) is 0. The van der Waals surface area contributed by atoms with Crippen molar-refractivity contribution < 1.29 is 28.6 Å². The van der Waals surface area contributed by atoms with E-state index in [2.05, 4.69) is 154 Å². The monoisotopic (exact) mass is 939 g/mol. The number of hydrogen-bond donors (Lipinski definition) is 0. The Balaban J connectivity index is 4.47. The van der Waals surface area contributed by atoms with Crippen molar-refractivity contribution in [2.24, 2.45) is 0 Å². The molecule has 0 aromatic rings. The van der Waals surface area contributed by atoms with Gasteiger partial charge in [-0.15, -0.1) is 0 Å². The van der Waals surface area contributed by atoms with Crippen LogP contribution in [0.4, 0.5) is 0 Å². The van der Waals surface area contributed by atoms with E-state index in [1.54, 1.807) is 0 Å². The highest BCUT2D eigenvalue weighted by Crippen LogP contribution is 2.13. The minimum Gasteiger partial charge on any atom is -0.462 e. The van der Waals surface area contributed by atoms with Crippen LogP contribution in [0.3, 0.4) is 0 Å². The first-order chi connectivity index (χ1) is 33.5. The second-order valence-corrected chi connectivity index (χ2v) is 17.4. The molecule has 0 aliphatic carbocycles. The molecule has 0 fully saturated rings. The lowest BCUT2D eigenvalue weighted by Gasteiger charge is -2.18. The molecule has 0 rings (SSSR count). The minimum absolute atomic E-state index is 0.109. The van der Waals surface area contributed by atoms with Crippen LogP contribution in [0.1, 0.15) is 220 Å². The van der Waals surface area contributed by atoms with E-state index in [-0.39, 0.29) is 37.5 Å². The summed E-state index contributed by atoms with van der Waals surface area (Å²) in [5.74, 6) is -1.000. The van der Waals surface area contributed by atoms with Crippen molar-refractivity contribution in [2.45, 2.75) is 226 Å². The molecule has 0 aliphatic rings. The van der Waals surface area contributed by atoms with E-state index >= 15 is 0 Å². The minimum atomic E-state index is -0.814. The van der Waals surface area contributed by atoms with Crippen molar-refractivity contribution in [2.75, 3.05) is 13.2 Å². The first-order valence-electron chi connectivity index (χ1n) is 27.2. The van der Waals surface area contributed by atoms with Gasteiger partial charge in [-0.3, -0.25) is 14.4 Å². The molecule has 0 amide bonds. The summed E-state index contributed by atoms with van der Waals surface area (Å²) in [7, 11) is 0. The van der Waals surface area contributed by atoms with Gasteiger partial charge in [0, 0.05) is 19.3 Å². The van der Waals surface area contributed by atoms with Gasteiger partial charge in [0.2, 0.25) is 0 Å². The number of carbonyl (C=O) groups excluding carboxylic acids is 3. The Morgan fingerprint density at radius 2 is 0.588 bits per heavy atom. The zero-order valence-corrected chi connectivity index (χ0v) is 43.6. The number of unbranched alkanes of at least 4 members (excludes halogenated alkanes) is 14. The first kappa shape index (κ1) is 63.5. The molecular weight excluding hydrogens is 841 g/mol. The van der Waals surface area contributed by atoms with Gasteiger partial charge in [-0.25, -0.2) is 0 Å². The summed E-state index contributed by atoms with van der Waals surface area (Å²) in [6.45, 7) is 6.27. The first-order valence-corrected chi connectivity index (χ1v) is 27.2. The molecule has 0 saturated carbocycles. The molecule has 1 atom stereocenters. The molecular formula is C62H98O6. The van der Waals surface area contributed by atoms with Crippen LogP contribution in [-0.2, 0) is 28.6 Å². The van der Waals surface area contributed by atoms with Gasteiger partial charge >= 0.3 is 17.9 Å². The fourth-order valence-electron chi connectivity index (χ4n) is 6.86. The zero-order valence-electron chi connectivity index (χ0n) is 43.6. The molecule has 0 spiro atoms. The van der Waals surface area contributed by atoms with Gasteiger partial charge in [-0.05, 0) is 122 Å². The van der Waals surface area contributed by atoms with Crippen LogP contribution in [-0.4, -0.2) is 37.2 Å². The van der Waals surface area contributed by atoms with Crippen molar-refractivity contribution in [1.29, 1.82) is 0 Å². The summed E-state index contributed by atoms with van der Waals surface area (Å²) in [6, 6.07) is 0. The van der Waals surface area contributed by atoms with Crippen LogP contribution in [0.25, 0.3) is 0 Å². The van der Waals surface area contributed by atoms with E-state index < -0.39 is 6.10 Å². The van der Waals surface area contributed by atoms with Gasteiger partial charge in [-0.2, -0.15) is 0 Å². The van der Waals surface area contributed by atoms with Crippen LogP contribution < -0.4 is 0 Å². The van der Waals surface area contributed by atoms with E-state index in [0.717, 1.165) is 141 Å². The lowest BCUT2D eigenvalue weighted by atomic mass is 10.1. The Labute approximate surface area is 417 Å². The summed E-state index contributed by atoms with van der Waals surface area (Å²) >= 11 is 0. The summed E-state index contributed by atoms with van der Waals surface area (Å²) in [4.78, 5) is 38.0. The Bertz CT molecular complexity index is 1500. The Hall–Kier alpha value is -4.45. The second-order valence-electron chi connectivity index (χ2n) is 17.4. The number of ether oxygens (including phenoxy) is 3. The third kappa shape index (κ3) is 52.5. The quantitative estimate of drug-likeness (QED) is 0.0262. The predicted octanol–water partition coefficient (Wildman–Crippen LogP) is 18.3. The summed E-state index contributed by atoms with van der Waals surface area (Å²) in [6.07, 6.45) is 77.3. The highest BCUT2D eigenvalue weighted by molar-refractivity contribution is 5.71. The number of allylic oxidation sites excluding steroid dienone is 22. The molecule has 0 N–H and O–H groups in total. The molecule has 68 heavy (non-hydrogen) atoms. The van der Waals surface area contributed by atoms with E-state index in [1.165, 1.54) is 32.1 Å². The van der Waals surface area contributed by atoms with E-state index in [0.29, 0.717) is 19.3 Å². The highest BCUT2D eigenvalue weighted by atomic mass is 16.6. The molecule has 0 aromatic heterocycles.